The molecule has 2 aromatic carbocycles. The third-order valence-electron chi connectivity index (χ3n) is 8.42. The molecule has 2 aliphatic rings. The van der Waals surface area contributed by atoms with Crippen molar-refractivity contribution in [2.24, 2.45) is 4.99 Å². The average molecular weight is 669 g/mol. The van der Waals surface area contributed by atoms with Crippen LogP contribution in [-0.4, -0.2) is 105 Å². The molecule has 2 fully saturated rings. The molecule has 1 aromatic heterocycles. The zero-order valence-electron chi connectivity index (χ0n) is 28.2. The quantitative estimate of drug-likeness (QED) is 0.294. The van der Waals surface area contributed by atoms with E-state index in [4.69, 9.17) is 19.4 Å². The van der Waals surface area contributed by atoms with Gasteiger partial charge >= 0.3 is 6.18 Å². The van der Waals surface area contributed by atoms with E-state index in [-0.39, 0.29) is 41.4 Å². The second-order valence-electron chi connectivity index (χ2n) is 12.4. The Balaban J connectivity index is 1.40. The third kappa shape index (κ3) is 8.41. The van der Waals surface area contributed by atoms with E-state index >= 15 is 0 Å². The van der Waals surface area contributed by atoms with Crippen molar-refractivity contribution in [3.63, 3.8) is 0 Å². The Morgan fingerprint density at radius 2 is 1.79 bits per heavy atom. The Labute approximate surface area is 279 Å². The van der Waals surface area contributed by atoms with Crippen molar-refractivity contribution in [1.82, 2.24) is 19.8 Å². The highest BCUT2D eigenvalue weighted by atomic mass is 19.4. The van der Waals surface area contributed by atoms with E-state index in [0.29, 0.717) is 49.3 Å². The van der Waals surface area contributed by atoms with E-state index in [0.717, 1.165) is 24.7 Å². The highest BCUT2D eigenvalue weighted by Crippen LogP contribution is 2.36. The minimum Gasteiger partial charge on any atom is -0.438 e. The number of anilines is 3. The number of aromatic nitrogens is 2. The van der Waals surface area contributed by atoms with Gasteiger partial charge in [0.05, 0.1) is 23.3 Å². The van der Waals surface area contributed by atoms with Gasteiger partial charge in [0.1, 0.15) is 11.6 Å². The number of likely N-dealkylation sites (N-methyl/N-ethyl adjacent to an activating group) is 1. The number of nitrogens with one attached hydrogen (secondary N) is 2. The molecule has 14 heteroatoms. The Kier molecular flexibility index (Phi) is 10.9. The highest BCUT2D eigenvalue weighted by molar-refractivity contribution is 6.04. The number of aryl methyl sites for hydroxylation is 1. The number of halogens is 3. The molecule has 0 aliphatic carbocycles. The molecule has 2 N–H and O–H groups in total. The maximum Gasteiger partial charge on any atom is 0.416 e. The fraction of sp³-hybridized carbons (Fsp3) is 0.471. The fourth-order valence-electron chi connectivity index (χ4n) is 5.90. The zero-order valence-corrected chi connectivity index (χ0v) is 28.2. The summed E-state index contributed by atoms with van der Waals surface area (Å²) in [4.78, 5) is 33.2. The molecule has 258 valence electrons. The number of hydrogen-bond acceptors (Lipinski definition) is 10. The Morgan fingerprint density at radius 3 is 2.44 bits per heavy atom. The molecule has 3 heterocycles. The van der Waals surface area contributed by atoms with Gasteiger partial charge in [-0.15, -0.1) is 0 Å². The summed E-state index contributed by atoms with van der Waals surface area (Å²) in [6, 6.07) is 8.81. The molecule has 11 nitrogen and oxygen atoms in total. The van der Waals surface area contributed by atoms with Crippen molar-refractivity contribution in [2.75, 3.05) is 75.9 Å². The second kappa shape index (κ2) is 14.9. The van der Waals surface area contributed by atoms with Crippen molar-refractivity contribution in [3.8, 4) is 11.6 Å². The van der Waals surface area contributed by atoms with Crippen LogP contribution < -0.4 is 20.3 Å². The first kappa shape index (κ1) is 35.0. The summed E-state index contributed by atoms with van der Waals surface area (Å²) in [5.74, 6) is 0.962. The summed E-state index contributed by atoms with van der Waals surface area (Å²) in [5, 5.41) is 5.73. The van der Waals surface area contributed by atoms with Crippen molar-refractivity contribution < 1.29 is 27.4 Å². The normalized spacial score (nSPS) is 19.5. The molecule has 5 rings (SSSR count). The molecule has 2 saturated heterocycles. The van der Waals surface area contributed by atoms with E-state index in [1.807, 2.05) is 37.6 Å². The van der Waals surface area contributed by atoms with Gasteiger partial charge in [-0.3, -0.25) is 14.7 Å². The average Bonchev–Trinajstić information content (AvgIpc) is 3.03. The van der Waals surface area contributed by atoms with Gasteiger partial charge in [-0.1, -0.05) is 12.1 Å². The molecule has 0 saturated carbocycles. The van der Waals surface area contributed by atoms with Crippen molar-refractivity contribution in [2.45, 2.75) is 45.7 Å². The summed E-state index contributed by atoms with van der Waals surface area (Å²) in [6.45, 7) is 10.2. The number of nitrogens with zero attached hydrogens (tertiary/aromatic N) is 6. The van der Waals surface area contributed by atoms with Gasteiger partial charge in [-0.25, -0.2) is 0 Å². The Bertz CT molecular complexity index is 1630. The van der Waals surface area contributed by atoms with Gasteiger partial charge in [0.25, 0.3) is 5.91 Å². The van der Waals surface area contributed by atoms with E-state index in [1.165, 1.54) is 12.1 Å². The number of benzene rings is 2. The van der Waals surface area contributed by atoms with Crippen molar-refractivity contribution in [3.05, 3.63) is 64.2 Å². The van der Waals surface area contributed by atoms with E-state index in [2.05, 4.69) is 20.5 Å². The Hall–Kier alpha value is -4.27. The Morgan fingerprint density at radius 1 is 1.08 bits per heavy atom. The SMILES string of the molecule is CN=Cc1c(NC)nc(N2CC(C)OC(C)C2)nc1Oc1cc(C(=O)Nc2ccc(CN3CCN(C)CC3)c(C(F)(F)F)c2)ccc1C. The van der Waals surface area contributed by atoms with Crippen LogP contribution in [0.4, 0.5) is 30.6 Å². The fourth-order valence-corrected chi connectivity index (χ4v) is 5.90. The minimum absolute atomic E-state index is 0.0190. The summed E-state index contributed by atoms with van der Waals surface area (Å²) in [7, 11) is 5.37. The van der Waals surface area contributed by atoms with E-state index < -0.39 is 17.6 Å². The molecular weight excluding hydrogens is 625 g/mol. The predicted molar refractivity (Wildman–Crippen MR) is 181 cm³/mol. The van der Waals surface area contributed by atoms with Crippen LogP contribution in [0.2, 0.25) is 0 Å². The van der Waals surface area contributed by atoms with Gasteiger partial charge in [0.15, 0.2) is 0 Å². The van der Waals surface area contributed by atoms with Crippen LogP contribution in [0.15, 0.2) is 41.4 Å². The monoisotopic (exact) mass is 668 g/mol. The number of hydrogen-bond donors (Lipinski definition) is 2. The topological polar surface area (TPSA) is 107 Å². The first-order chi connectivity index (χ1) is 22.8. The maximum absolute atomic E-state index is 14.1. The first-order valence-electron chi connectivity index (χ1n) is 16.0. The van der Waals surface area contributed by atoms with Crippen LogP contribution in [0.1, 0.15) is 46.5 Å². The van der Waals surface area contributed by atoms with Gasteiger partial charge < -0.3 is 29.9 Å². The first-order valence-corrected chi connectivity index (χ1v) is 16.0. The molecule has 3 aromatic rings. The number of aliphatic imine (C=N–C) groups is 1. The lowest BCUT2D eigenvalue weighted by Crippen LogP contribution is -2.46. The summed E-state index contributed by atoms with van der Waals surface area (Å²) < 4.78 is 54.7. The van der Waals surface area contributed by atoms with Crippen LogP contribution in [0.5, 0.6) is 11.6 Å². The van der Waals surface area contributed by atoms with Crippen LogP contribution in [0.25, 0.3) is 0 Å². The van der Waals surface area contributed by atoms with Gasteiger partial charge in [0, 0.05) is 77.4 Å². The van der Waals surface area contributed by atoms with Crippen LogP contribution in [0, 0.1) is 6.92 Å². The van der Waals surface area contributed by atoms with E-state index in [9.17, 15) is 18.0 Å². The van der Waals surface area contributed by atoms with Crippen molar-refractivity contribution >= 4 is 29.6 Å². The number of ether oxygens (including phenoxy) is 2. The lowest BCUT2D eigenvalue weighted by Gasteiger charge is -2.35. The lowest BCUT2D eigenvalue weighted by molar-refractivity contribution is -0.138. The number of morpholine rings is 1. The number of alkyl halides is 3. The summed E-state index contributed by atoms with van der Waals surface area (Å²) in [6.07, 6.45) is -3.02. The van der Waals surface area contributed by atoms with E-state index in [1.54, 1.807) is 38.5 Å². The number of carbonyl (C=O) groups is 1. The highest BCUT2D eigenvalue weighted by Gasteiger charge is 2.34. The molecule has 2 atom stereocenters. The number of amides is 1. The number of piperazine rings is 1. The molecular formula is C34H43F3N8O3. The zero-order chi connectivity index (χ0) is 34.6. The molecule has 2 unspecified atom stereocenters. The summed E-state index contributed by atoms with van der Waals surface area (Å²) >= 11 is 0. The van der Waals surface area contributed by atoms with Crippen LogP contribution in [-0.2, 0) is 17.5 Å². The standard InChI is InChI=1S/C34H43F3N8O3/c1-21-7-8-24(31(46)40-26-10-9-25(28(16-26)34(35,36)37)20-44-13-11-43(6)12-14-44)15-29(21)48-32-27(17-38-4)30(39-5)41-33(42-32)45-18-22(2)47-23(3)19-45/h7-10,15-17,22-23H,11-14,18-20H2,1-6H3,(H,40,46)(H,39,41,42). The lowest BCUT2D eigenvalue weighted by atomic mass is 10.0. The molecule has 0 spiro atoms. The third-order valence-corrected chi connectivity index (χ3v) is 8.42. The molecule has 1 amide bonds. The maximum atomic E-state index is 14.1. The predicted octanol–water partition coefficient (Wildman–Crippen LogP) is 5.30. The summed E-state index contributed by atoms with van der Waals surface area (Å²) in [5.41, 5.74) is 0.902. The second-order valence-corrected chi connectivity index (χ2v) is 12.4. The van der Waals surface area contributed by atoms with Crippen LogP contribution >= 0.6 is 0 Å². The number of rotatable bonds is 9. The smallest absolute Gasteiger partial charge is 0.416 e. The van der Waals surface area contributed by atoms with Gasteiger partial charge in [-0.05, 0) is 63.2 Å². The molecule has 0 radical (unpaired) electrons. The molecule has 48 heavy (non-hydrogen) atoms. The van der Waals surface area contributed by atoms with Crippen LogP contribution in [0.3, 0.4) is 0 Å². The molecule has 0 bridgehead atoms. The largest absolute Gasteiger partial charge is 0.438 e. The van der Waals surface area contributed by atoms with Crippen molar-refractivity contribution in [1.29, 1.82) is 0 Å². The minimum atomic E-state index is -4.58. The van der Waals surface area contributed by atoms with Gasteiger partial charge in [0.2, 0.25) is 11.8 Å². The molecule has 2 aliphatic heterocycles. The van der Waals surface area contributed by atoms with Gasteiger partial charge in [-0.2, -0.15) is 23.1 Å². The number of carbonyl (C=O) groups excluding carboxylic acids is 1.